The first-order chi connectivity index (χ1) is 15.5. The lowest BCUT2D eigenvalue weighted by Crippen LogP contribution is -2.44. The molecule has 8 nitrogen and oxygen atoms in total. The summed E-state index contributed by atoms with van der Waals surface area (Å²) in [4.78, 5) is 30.3. The van der Waals surface area contributed by atoms with E-state index in [9.17, 15) is 9.59 Å². The number of anilines is 1. The number of carbonyl (C=O) groups excluding carboxylic acids is 2. The summed E-state index contributed by atoms with van der Waals surface area (Å²) in [5, 5.41) is 8.83. The van der Waals surface area contributed by atoms with Crippen LogP contribution in [0.5, 0.6) is 5.75 Å². The second kappa shape index (κ2) is 11.5. The van der Waals surface area contributed by atoms with Gasteiger partial charge in [-0.25, -0.2) is 0 Å². The Labute approximate surface area is 190 Å². The van der Waals surface area contributed by atoms with Gasteiger partial charge >= 0.3 is 0 Å². The zero-order valence-corrected chi connectivity index (χ0v) is 19.3. The summed E-state index contributed by atoms with van der Waals surface area (Å²) < 4.78 is 5.28. The molecular formula is C24H33N5O3. The van der Waals surface area contributed by atoms with E-state index in [4.69, 9.17) is 4.74 Å². The van der Waals surface area contributed by atoms with Crippen molar-refractivity contribution in [2.75, 3.05) is 51.3 Å². The van der Waals surface area contributed by atoms with Crippen LogP contribution in [0.4, 0.5) is 5.82 Å². The van der Waals surface area contributed by atoms with Crippen LogP contribution in [0.1, 0.15) is 33.1 Å². The molecule has 1 aromatic carbocycles. The summed E-state index contributed by atoms with van der Waals surface area (Å²) in [6, 6.07) is 11.7. The number of unbranched alkanes of at least 4 members (excludes halogenated alkanes) is 1. The third-order valence-electron chi connectivity index (χ3n) is 5.74. The van der Waals surface area contributed by atoms with Crippen LogP contribution in [0.2, 0.25) is 0 Å². The molecule has 0 saturated carbocycles. The number of carbonyl (C=O) groups is 2. The van der Waals surface area contributed by atoms with Gasteiger partial charge in [-0.15, -0.1) is 10.2 Å². The van der Waals surface area contributed by atoms with Crippen molar-refractivity contribution in [2.24, 2.45) is 0 Å². The predicted molar refractivity (Wildman–Crippen MR) is 125 cm³/mol. The van der Waals surface area contributed by atoms with E-state index in [0.29, 0.717) is 26.2 Å². The first-order valence-corrected chi connectivity index (χ1v) is 11.3. The molecule has 0 N–H and O–H groups in total. The minimum Gasteiger partial charge on any atom is -0.497 e. The number of hydrogen-bond donors (Lipinski definition) is 0. The molecule has 0 atom stereocenters. The first-order valence-electron chi connectivity index (χ1n) is 11.3. The first kappa shape index (κ1) is 23.5. The minimum absolute atomic E-state index is 0.0117. The minimum atomic E-state index is -0.0466. The van der Waals surface area contributed by atoms with Crippen LogP contribution in [-0.4, -0.2) is 78.2 Å². The van der Waals surface area contributed by atoms with Gasteiger partial charge in [-0.3, -0.25) is 9.59 Å². The highest BCUT2D eigenvalue weighted by Crippen LogP contribution is 2.23. The maximum Gasteiger partial charge on any atom is 0.242 e. The molecular weight excluding hydrogens is 406 g/mol. The number of nitrogens with zero attached hydrogens (tertiary/aromatic N) is 5. The SMILES string of the molecule is CCCCN(CC(=O)N1CCCN(c2ccc(-c3cccc(OC)c3)nn2)CC1)C(C)=O. The zero-order valence-electron chi connectivity index (χ0n) is 19.3. The number of rotatable bonds is 8. The molecule has 1 saturated heterocycles. The molecule has 1 aliphatic rings. The fourth-order valence-electron chi connectivity index (χ4n) is 3.79. The molecule has 0 bridgehead atoms. The molecule has 32 heavy (non-hydrogen) atoms. The lowest BCUT2D eigenvalue weighted by molar-refractivity contribution is -0.139. The number of hydrogen-bond acceptors (Lipinski definition) is 6. The molecule has 8 heteroatoms. The molecule has 2 amide bonds. The van der Waals surface area contributed by atoms with Crippen LogP contribution in [0.25, 0.3) is 11.3 Å². The largest absolute Gasteiger partial charge is 0.497 e. The van der Waals surface area contributed by atoms with Gasteiger partial charge in [0, 0.05) is 45.2 Å². The second-order valence-corrected chi connectivity index (χ2v) is 8.02. The van der Waals surface area contributed by atoms with Crippen molar-refractivity contribution >= 4 is 17.6 Å². The Kier molecular flexibility index (Phi) is 8.41. The van der Waals surface area contributed by atoms with E-state index in [0.717, 1.165) is 48.6 Å². The van der Waals surface area contributed by atoms with Gasteiger partial charge < -0.3 is 19.4 Å². The molecule has 0 unspecified atom stereocenters. The highest BCUT2D eigenvalue weighted by molar-refractivity contribution is 5.84. The fraction of sp³-hybridized carbons (Fsp3) is 0.500. The van der Waals surface area contributed by atoms with Crippen molar-refractivity contribution in [1.29, 1.82) is 0 Å². The normalized spacial score (nSPS) is 14.1. The van der Waals surface area contributed by atoms with Gasteiger partial charge in [0.05, 0.1) is 19.3 Å². The topological polar surface area (TPSA) is 78.9 Å². The van der Waals surface area contributed by atoms with Gasteiger partial charge in [-0.2, -0.15) is 0 Å². The number of methoxy groups -OCH3 is 1. The average Bonchev–Trinajstić information content (AvgIpc) is 3.08. The molecule has 2 heterocycles. The van der Waals surface area contributed by atoms with E-state index in [1.54, 1.807) is 12.0 Å². The molecule has 172 valence electrons. The van der Waals surface area contributed by atoms with Crippen LogP contribution in [0.3, 0.4) is 0 Å². The molecule has 0 radical (unpaired) electrons. The van der Waals surface area contributed by atoms with Gasteiger partial charge in [0.2, 0.25) is 11.8 Å². The Bertz CT molecular complexity index is 903. The molecule has 3 rings (SSSR count). The van der Waals surface area contributed by atoms with Crippen molar-refractivity contribution in [2.45, 2.75) is 33.1 Å². The van der Waals surface area contributed by atoms with Crippen molar-refractivity contribution in [3.8, 4) is 17.0 Å². The Morgan fingerprint density at radius 3 is 2.62 bits per heavy atom. The van der Waals surface area contributed by atoms with E-state index < -0.39 is 0 Å². The van der Waals surface area contributed by atoms with Crippen LogP contribution in [-0.2, 0) is 9.59 Å². The summed E-state index contributed by atoms with van der Waals surface area (Å²) >= 11 is 0. The predicted octanol–water partition coefficient (Wildman–Crippen LogP) is 2.84. The van der Waals surface area contributed by atoms with Gasteiger partial charge in [0.1, 0.15) is 5.75 Å². The highest BCUT2D eigenvalue weighted by atomic mass is 16.5. The third-order valence-corrected chi connectivity index (χ3v) is 5.74. The average molecular weight is 440 g/mol. The molecule has 2 aromatic rings. The van der Waals surface area contributed by atoms with Crippen LogP contribution in [0, 0.1) is 0 Å². The van der Waals surface area contributed by atoms with Crippen molar-refractivity contribution < 1.29 is 14.3 Å². The summed E-state index contributed by atoms with van der Waals surface area (Å²) in [5.41, 5.74) is 1.74. The quantitative estimate of drug-likeness (QED) is 0.629. The molecule has 1 aromatic heterocycles. The second-order valence-electron chi connectivity index (χ2n) is 8.02. The van der Waals surface area contributed by atoms with Crippen LogP contribution >= 0.6 is 0 Å². The Morgan fingerprint density at radius 1 is 1.09 bits per heavy atom. The molecule has 0 aliphatic carbocycles. The highest BCUT2D eigenvalue weighted by Gasteiger charge is 2.22. The Morgan fingerprint density at radius 2 is 1.94 bits per heavy atom. The maximum atomic E-state index is 12.8. The smallest absolute Gasteiger partial charge is 0.242 e. The number of amides is 2. The number of ether oxygens (including phenoxy) is 1. The van der Waals surface area contributed by atoms with Crippen LogP contribution < -0.4 is 9.64 Å². The Balaban J connectivity index is 1.59. The van der Waals surface area contributed by atoms with Gasteiger partial charge in [0.15, 0.2) is 5.82 Å². The zero-order chi connectivity index (χ0) is 22.9. The fourth-order valence-corrected chi connectivity index (χ4v) is 3.79. The van der Waals surface area contributed by atoms with E-state index >= 15 is 0 Å². The lowest BCUT2D eigenvalue weighted by Gasteiger charge is -2.26. The summed E-state index contributed by atoms with van der Waals surface area (Å²) in [6.45, 7) is 7.19. The molecule has 1 fully saturated rings. The van der Waals surface area contributed by atoms with Crippen molar-refractivity contribution in [1.82, 2.24) is 20.0 Å². The van der Waals surface area contributed by atoms with Gasteiger partial charge in [-0.1, -0.05) is 25.5 Å². The van der Waals surface area contributed by atoms with Crippen molar-refractivity contribution in [3.63, 3.8) is 0 Å². The summed E-state index contributed by atoms with van der Waals surface area (Å²) in [5.74, 6) is 1.55. The maximum absolute atomic E-state index is 12.8. The number of benzene rings is 1. The summed E-state index contributed by atoms with van der Waals surface area (Å²) in [6.07, 6.45) is 2.75. The van der Waals surface area contributed by atoms with E-state index in [1.165, 1.54) is 6.92 Å². The molecule has 0 spiro atoms. The summed E-state index contributed by atoms with van der Waals surface area (Å²) in [7, 11) is 1.64. The van der Waals surface area contributed by atoms with E-state index in [2.05, 4.69) is 22.0 Å². The lowest BCUT2D eigenvalue weighted by atomic mass is 10.1. The number of aromatic nitrogens is 2. The molecule has 1 aliphatic heterocycles. The Hall–Kier alpha value is -3.16. The third kappa shape index (κ3) is 6.18. The van der Waals surface area contributed by atoms with Crippen molar-refractivity contribution in [3.05, 3.63) is 36.4 Å². The van der Waals surface area contributed by atoms with E-state index in [-0.39, 0.29) is 18.4 Å². The standard InChI is InChI=1S/C24H33N5O3/c1-4-5-12-29(19(2)30)18-24(31)28-14-7-13-27(15-16-28)23-11-10-22(25-26-23)20-8-6-9-21(17-20)32-3/h6,8-11,17H,4-5,7,12-16,18H2,1-3H3. The monoisotopic (exact) mass is 439 g/mol. The van der Waals surface area contributed by atoms with Gasteiger partial charge in [-0.05, 0) is 37.1 Å². The van der Waals surface area contributed by atoms with Gasteiger partial charge in [0.25, 0.3) is 0 Å². The van der Waals surface area contributed by atoms with Crippen LogP contribution in [0.15, 0.2) is 36.4 Å². The van der Waals surface area contributed by atoms with E-state index in [1.807, 2.05) is 41.3 Å².